The molecule has 1 aliphatic heterocycles. The van der Waals surface area contributed by atoms with Crippen LogP contribution in [-0.4, -0.2) is 41.8 Å². The number of halogens is 1. The SMILES string of the molecule is COc1cc2c(cc1O)CC1c3c(cc(OC)c(O)c3-2)CCN1C(=O)c1ccc(Cl)cc1. The van der Waals surface area contributed by atoms with Gasteiger partial charge in [0.15, 0.2) is 23.0 Å². The molecule has 1 unspecified atom stereocenters. The molecule has 1 atom stereocenters. The minimum Gasteiger partial charge on any atom is -0.504 e. The fourth-order valence-corrected chi connectivity index (χ4v) is 5.01. The molecule has 0 saturated heterocycles. The first kappa shape index (κ1) is 20.5. The van der Waals surface area contributed by atoms with E-state index in [0.717, 1.165) is 22.3 Å². The average molecular weight is 452 g/mol. The molecule has 0 spiro atoms. The molecule has 3 aromatic carbocycles. The predicted molar refractivity (Wildman–Crippen MR) is 121 cm³/mol. The standard InChI is InChI=1S/C25H22ClNO5/c1-31-20-12-17-15(10-19(20)28)9-18-22-14(11-21(32-2)24(29)23(17)22)7-8-27(18)25(30)13-3-5-16(26)6-4-13/h3-6,10-12,18,28-29H,7-9H2,1-2H3. The molecule has 0 radical (unpaired) electrons. The number of carbonyl (C=O) groups excluding carboxylic acids is 1. The van der Waals surface area contributed by atoms with E-state index in [1.807, 2.05) is 11.0 Å². The Labute approximate surface area is 190 Å². The van der Waals surface area contributed by atoms with E-state index in [0.29, 0.717) is 47.0 Å². The summed E-state index contributed by atoms with van der Waals surface area (Å²) in [5.74, 6) is 0.645. The van der Waals surface area contributed by atoms with Gasteiger partial charge in [-0.05, 0) is 77.6 Å². The Morgan fingerprint density at radius 2 is 1.75 bits per heavy atom. The second kappa shape index (κ2) is 7.64. The lowest BCUT2D eigenvalue weighted by Gasteiger charge is -2.42. The number of phenols is 2. The number of hydrogen-bond acceptors (Lipinski definition) is 5. The molecule has 2 N–H and O–H groups in total. The van der Waals surface area contributed by atoms with E-state index in [1.165, 1.54) is 14.2 Å². The van der Waals surface area contributed by atoms with Crippen LogP contribution in [-0.2, 0) is 12.8 Å². The Balaban J connectivity index is 1.70. The van der Waals surface area contributed by atoms with Crippen molar-refractivity contribution in [1.82, 2.24) is 4.90 Å². The van der Waals surface area contributed by atoms with Crippen molar-refractivity contribution in [3.8, 4) is 34.1 Å². The lowest BCUT2D eigenvalue weighted by molar-refractivity contribution is 0.0658. The van der Waals surface area contributed by atoms with Crippen molar-refractivity contribution in [3.63, 3.8) is 0 Å². The van der Waals surface area contributed by atoms with Gasteiger partial charge in [-0.3, -0.25) is 4.79 Å². The molecule has 3 aromatic rings. The van der Waals surface area contributed by atoms with E-state index in [2.05, 4.69) is 0 Å². The van der Waals surface area contributed by atoms with E-state index in [4.69, 9.17) is 21.1 Å². The number of hydrogen-bond donors (Lipinski definition) is 2. The first-order valence-electron chi connectivity index (χ1n) is 10.3. The Morgan fingerprint density at radius 1 is 1.03 bits per heavy atom. The summed E-state index contributed by atoms with van der Waals surface area (Å²) in [6.07, 6.45) is 1.15. The van der Waals surface area contributed by atoms with Crippen LogP contribution in [0.1, 0.15) is 33.1 Å². The van der Waals surface area contributed by atoms with Gasteiger partial charge in [0.05, 0.1) is 20.3 Å². The molecule has 1 aliphatic carbocycles. The normalized spacial score (nSPS) is 16.2. The van der Waals surface area contributed by atoms with Crippen LogP contribution >= 0.6 is 11.6 Å². The lowest BCUT2D eigenvalue weighted by atomic mass is 9.76. The number of rotatable bonds is 3. The van der Waals surface area contributed by atoms with Gasteiger partial charge in [0.2, 0.25) is 0 Å². The van der Waals surface area contributed by atoms with Gasteiger partial charge in [0.25, 0.3) is 5.91 Å². The zero-order valence-electron chi connectivity index (χ0n) is 17.7. The molecular formula is C25H22ClNO5. The highest BCUT2D eigenvalue weighted by molar-refractivity contribution is 6.30. The quantitative estimate of drug-likeness (QED) is 0.601. The van der Waals surface area contributed by atoms with Crippen LogP contribution < -0.4 is 9.47 Å². The number of methoxy groups -OCH3 is 2. The summed E-state index contributed by atoms with van der Waals surface area (Å²) in [5.41, 5.74) is 4.73. The van der Waals surface area contributed by atoms with Crippen molar-refractivity contribution in [2.75, 3.05) is 20.8 Å². The Morgan fingerprint density at radius 3 is 2.44 bits per heavy atom. The fourth-order valence-electron chi connectivity index (χ4n) is 4.88. The van der Waals surface area contributed by atoms with Crippen LogP contribution in [0.4, 0.5) is 0 Å². The Hall–Kier alpha value is -3.38. The third-order valence-corrected chi connectivity index (χ3v) is 6.63. The highest BCUT2D eigenvalue weighted by Gasteiger charge is 2.39. The van der Waals surface area contributed by atoms with Crippen molar-refractivity contribution in [2.45, 2.75) is 18.9 Å². The first-order valence-corrected chi connectivity index (χ1v) is 10.7. The highest BCUT2D eigenvalue weighted by Crippen LogP contribution is 2.53. The van der Waals surface area contributed by atoms with Gasteiger partial charge in [-0.25, -0.2) is 0 Å². The van der Waals surface area contributed by atoms with Crippen molar-refractivity contribution < 1.29 is 24.5 Å². The van der Waals surface area contributed by atoms with Crippen molar-refractivity contribution in [1.29, 1.82) is 0 Å². The highest BCUT2D eigenvalue weighted by atomic mass is 35.5. The second-order valence-corrected chi connectivity index (χ2v) is 8.47. The van der Waals surface area contributed by atoms with E-state index in [-0.39, 0.29) is 23.4 Å². The molecule has 1 heterocycles. The minimum atomic E-state index is -0.283. The van der Waals surface area contributed by atoms with E-state index >= 15 is 0 Å². The summed E-state index contributed by atoms with van der Waals surface area (Å²) in [5, 5.41) is 22.1. The molecule has 32 heavy (non-hydrogen) atoms. The van der Waals surface area contributed by atoms with Crippen LogP contribution in [0, 0.1) is 0 Å². The number of phenolic OH excluding ortho intramolecular Hbond substituents is 2. The van der Waals surface area contributed by atoms with E-state index in [9.17, 15) is 15.0 Å². The maximum absolute atomic E-state index is 13.4. The topological polar surface area (TPSA) is 79.2 Å². The van der Waals surface area contributed by atoms with Crippen LogP contribution in [0.2, 0.25) is 5.02 Å². The monoisotopic (exact) mass is 451 g/mol. The number of ether oxygens (including phenoxy) is 2. The first-order chi connectivity index (χ1) is 15.4. The molecule has 2 aliphatic rings. The van der Waals surface area contributed by atoms with Crippen LogP contribution in [0.3, 0.4) is 0 Å². The van der Waals surface area contributed by atoms with Gasteiger partial charge in [-0.15, -0.1) is 0 Å². The number of aromatic hydroxyl groups is 2. The molecule has 164 valence electrons. The number of nitrogens with zero attached hydrogens (tertiary/aromatic N) is 1. The van der Waals surface area contributed by atoms with Crippen LogP contribution in [0.25, 0.3) is 11.1 Å². The zero-order valence-corrected chi connectivity index (χ0v) is 18.4. The zero-order chi connectivity index (χ0) is 22.6. The Kier molecular flexibility index (Phi) is 4.90. The van der Waals surface area contributed by atoms with Gasteiger partial charge >= 0.3 is 0 Å². The molecule has 6 nitrogen and oxygen atoms in total. The third kappa shape index (κ3) is 3.06. The molecule has 7 heteroatoms. The van der Waals surface area contributed by atoms with Gasteiger partial charge in [-0.2, -0.15) is 0 Å². The summed E-state index contributed by atoms with van der Waals surface area (Å²) in [7, 11) is 3.01. The fraction of sp³-hybridized carbons (Fsp3) is 0.240. The summed E-state index contributed by atoms with van der Waals surface area (Å²) >= 11 is 6.00. The van der Waals surface area contributed by atoms with Gasteiger partial charge in [0, 0.05) is 22.7 Å². The molecular weight excluding hydrogens is 430 g/mol. The second-order valence-electron chi connectivity index (χ2n) is 8.03. The lowest BCUT2D eigenvalue weighted by Crippen LogP contribution is -2.42. The molecule has 0 saturated carbocycles. The Bertz CT molecular complexity index is 1240. The van der Waals surface area contributed by atoms with E-state index in [1.54, 1.807) is 36.4 Å². The van der Waals surface area contributed by atoms with Gasteiger partial charge in [-0.1, -0.05) is 11.6 Å². The molecule has 0 fully saturated rings. The van der Waals surface area contributed by atoms with Crippen molar-refractivity contribution >= 4 is 17.5 Å². The van der Waals surface area contributed by atoms with Crippen LogP contribution in [0.15, 0.2) is 42.5 Å². The molecule has 0 bridgehead atoms. The largest absolute Gasteiger partial charge is 0.504 e. The smallest absolute Gasteiger partial charge is 0.254 e. The summed E-state index contributed by atoms with van der Waals surface area (Å²) in [4.78, 5) is 15.3. The number of carbonyl (C=O) groups is 1. The summed E-state index contributed by atoms with van der Waals surface area (Å²) in [6.45, 7) is 0.532. The maximum atomic E-state index is 13.4. The van der Waals surface area contributed by atoms with E-state index < -0.39 is 0 Å². The third-order valence-electron chi connectivity index (χ3n) is 6.38. The van der Waals surface area contributed by atoms with Crippen molar-refractivity contribution in [2.24, 2.45) is 0 Å². The molecule has 5 rings (SSSR count). The predicted octanol–water partition coefficient (Wildman–Crippen LogP) is 4.73. The van der Waals surface area contributed by atoms with Crippen molar-refractivity contribution in [3.05, 3.63) is 69.7 Å². The number of amides is 1. The minimum absolute atomic E-state index is 0.0173. The maximum Gasteiger partial charge on any atom is 0.254 e. The molecule has 1 amide bonds. The summed E-state index contributed by atoms with van der Waals surface area (Å²) in [6, 6.07) is 11.8. The number of benzene rings is 3. The van der Waals surface area contributed by atoms with Gasteiger partial charge < -0.3 is 24.6 Å². The average Bonchev–Trinajstić information content (AvgIpc) is 2.80. The molecule has 0 aromatic heterocycles. The number of fused-ring (bicyclic) bond motifs is 2. The summed E-state index contributed by atoms with van der Waals surface area (Å²) < 4.78 is 10.7. The van der Waals surface area contributed by atoms with Gasteiger partial charge in [0.1, 0.15) is 0 Å². The van der Waals surface area contributed by atoms with Crippen LogP contribution in [0.5, 0.6) is 23.0 Å².